The molecule has 1 aliphatic heterocycles. The topological polar surface area (TPSA) is 25.4 Å². The third kappa shape index (κ3) is 2.41. The predicted octanol–water partition coefficient (Wildman–Crippen LogP) is 4.56. The number of benzene rings is 2. The van der Waals surface area contributed by atoms with E-state index < -0.39 is 0 Å². The molecule has 23 heavy (non-hydrogen) atoms. The number of halogens is 1. The van der Waals surface area contributed by atoms with Crippen LogP contribution in [0.4, 0.5) is 5.69 Å². The van der Waals surface area contributed by atoms with Crippen LogP contribution in [0.15, 0.2) is 42.5 Å². The van der Waals surface area contributed by atoms with Gasteiger partial charge in [0.15, 0.2) is 0 Å². The Morgan fingerprint density at radius 2 is 2.00 bits per heavy atom. The van der Waals surface area contributed by atoms with Crippen molar-refractivity contribution >= 4 is 28.2 Å². The van der Waals surface area contributed by atoms with Gasteiger partial charge in [0.2, 0.25) is 0 Å². The van der Waals surface area contributed by atoms with Gasteiger partial charge in [0.1, 0.15) is 5.75 Å². The quantitative estimate of drug-likeness (QED) is 0.691. The number of pyridine rings is 1. The fourth-order valence-electron chi connectivity index (χ4n) is 3.17. The van der Waals surface area contributed by atoms with Gasteiger partial charge >= 0.3 is 0 Å². The maximum atomic E-state index is 6.46. The van der Waals surface area contributed by atoms with Gasteiger partial charge in [-0.1, -0.05) is 17.7 Å². The van der Waals surface area contributed by atoms with Crippen molar-refractivity contribution in [1.29, 1.82) is 0 Å². The highest BCUT2D eigenvalue weighted by molar-refractivity contribution is 6.35. The lowest BCUT2D eigenvalue weighted by Crippen LogP contribution is -2.12. The lowest BCUT2D eigenvalue weighted by molar-refractivity contribution is 0.415. The van der Waals surface area contributed by atoms with E-state index in [0.29, 0.717) is 5.02 Å². The number of likely N-dealkylation sites (N-methyl/N-ethyl adjacent to an activating group) is 1. The summed E-state index contributed by atoms with van der Waals surface area (Å²) in [6.45, 7) is 1.07. The summed E-state index contributed by atoms with van der Waals surface area (Å²) in [6.07, 6.45) is 1.08. The summed E-state index contributed by atoms with van der Waals surface area (Å²) in [5.74, 6) is 0.786. The Bertz CT molecular complexity index is 907. The van der Waals surface area contributed by atoms with Crippen molar-refractivity contribution in [1.82, 2.24) is 4.98 Å². The first-order chi connectivity index (χ1) is 11.2. The van der Waals surface area contributed by atoms with Gasteiger partial charge in [-0.25, -0.2) is 4.98 Å². The van der Waals surface area contributed by atoms with E-state index in [9.17, 15) is 0 Å². The highest BCUT2D eigenvalue weighted by atomic mass is 35.5. The Hall–Kier alpha value is -2.26. The van der Waals surface area contributed by atoms with Crippen LogP contribution in [-0.4, -0.2) is 25.7 Å². The first kappa shape index (κ1) is 14.3. The van der Waals surface area contributed by atoms with Crippen molar-refractivity contribution in [3.63, 3.8) is 0 Å². The molecule has 0 radical (unpaired) electrons. The molecule has 3 nitrogen and oxygen atoms in total. The molecule has 1 aromatic heterocycles. The molecule has 0 saturated carbocycles. The Labute approximate surface area is 140 Å². The van der Waals surface area contributed by atoms with Crippen molar-refractivity contribution in [3.8, 4) is 17.0 Å². The van der Waals surface area contributed by atoms with Crippen LogP contribution in [0.1, 0.15) is 5.56 Å². The summed E-state index contributed by atoms with van der Waals surface area (Å²) in [6, 6.07) is 14.2. The number of nitrogens with zero attached hydrogens (tertiary/aromatic N) is 2. The average molecular weight is 325 g/mol. The molecule has 2 aromatic carbocycles. The molecule has 1 aliphatic rings. The molecule has 0 aliphatic carbocycles. The molecular weight excluding hydrogens is 308 g/mol. The zero-order chi connectivity index (χ0) is 16.0. The third-order valence-corrected chi connectivity index (χ3v) is 4.78. The van der Waals surface area contributed by atoms with Crippen LogP contribution in [-0.2, 0) is 6.42 Å². The summed E-state index contributed by atoms with van der Waals surface area (Å²) >= 11 is 6.46. The molecular formula is C19H17ClN2O. The maximum Gasteiger partial charge on any atom is 0.121 e. The molecule has 0 N–H and O–H groups in total. The van der Waals surface area contributed by atoms with Crippen LogP contribution in [0.3, 0.4) is 0 Å². The summed E-state index contributed by atoms with van der Waals surface area (Å²) in [5.41, 5.74) is 5.53. The average Bonchev–Trinajstić information content (AvgIpc) is 2.95. The van der Waals surface area contributed by atoms with Gasteiger partial charge < -0.3 is 9.64 Å². The van der Waals surface area contributed by atoms with Gasteiger partial charge in [-0.3, -0.25) is 0 Å². The van der Waals surface area contributed by atoms with Crippen molar-refractivity contribution in [2.45, 2.75) is 6.42 Å². The van der Waals surface area contributed by atoms with Crippen molar-refractivity contribution < 1.29 is 4.74 Å². The number of aromatic nitrogens is 1. The maximum absolute atomic E-state index is 6.46. The van der Waals surface area contributed by atoms with E-state index in [1.54, 1.807) is 7.11 Å². The van der Waals surface area contributed by atoms with E-state index in [1.807, 2.05) is 24.3 Å². The summed E-state index contributed by atoms with van der Waals surface area (Å²) in [5, 5.41) is 1.65. The van der Waals surface area contributed by atoms with Crippen LogP contribution in [0.2, 0.25) is 5.02 Å². The largest absolute Gasteiger partial charge is 0.497 e. The van der Waals surface area contributed by atoms with Crippen LogP contribution in [0.5, 0.6) is 5.75 Å². The van der Waals surface area contributed by atoms with Gasteiger partial charge in [-0.05, 0) is 42.3 Å². The minimum atomic E-state index is 0.713. The highest BCUT2D eigenvalue weighted by Gasteiger charge is 2.16. The van der Waals surface area contributed by atoms with Crippen LogP contribution < -0.4 is 9.64 Å². The number of ether oxygens (including phenoxy) is 1. The fourth-order valence-corrected chi connectivity index (χ4v) is 3.43. The van der Waals surface area contributed by atoms with Crippen LogP contribution in [0.25, 0.3) is 22.2 Å². The first-order valence-electron chi connectivity index (χ1n) is 7.64. The molecule has 0 fully saturated rings. The van der Waals surface area contributed by atoms with E-state index in [2.05, 4.69) is 30.1 Å². The second kappa shape index (κ2) is 5.43. The number of hydrogen-bond donors (Lipinski definition) is 0. The fraction of sp³-hybridized carbons (Fsp3) is 0.211. The van der Waals surface area contributed by atoms with Gasteiger partial charge in [-0.2, -0.15) is 0 Å². The summed E-state index contributed by atoms with van der Waals surface area (Å²) < 4.78 is 5.29. The van der Waals surface area contributed by atoms with Crippen molar-refractivity contribution in [3.05, 3.63) is 53.1 Å². The molecule has 3 aromatic rings. The second-order valence-electron chi connectivity index (χ2n) is 5.89. The normalized spacial score (nSPS) is 13.4. The van der Waals surface area contributed by atoms with Crippen LogP contribution in [0, 0.1) is 0 Å². The molecule has 4 rings (SSSR count). The number of anilines is 1. The molecule has 0 spiro atoms. The summed E-state index contributed by atoms with van der Waals surface area (Å²) in [4.78, 5) is 7.06. The van der Waals surface area contributed by atoms with E-state index >= 15 is 0 Å². The van der Waals surface area contributed by atoms with E-state index in [-0.39, 0.29) is 0 Å². The Morgan fingerprint density at radius 3 is 2.83 bits per heavy atom. The molecule has 4 heteroatoms. The standard InChI is InChI=1S/C19H17ClN2O/c1-22-8-7-13-9-12(3-6-19(13)22)17-11-16(20)15-5-4-14(23-2)10-18(15)21-17/h3-6,9-11H,7-8H2,1-2H3. The number of rotatable bonds is 2. The minimum Gasteiger partial charge on any atom is -0.497 e. The first-order valence-corrected chi connectivity index (χ1v) is 8.02. The van der Waals surface area contributed by atoms with E-state index in [4.69, 9.17) is 21.3 Å². The monoisotopic (exact) mass is 324 g/mol. The lowest BCUT2D eigenvalue weighted by atomic mass is 10.0. The van der Waals surface area contributed by atoms with Gasteiger partial charge in [0.05, 0.1) is 23.3 Å². The Balaban J connectivity index is 1.85. The number of fused-ring (bicyclic) bond motifs is 2. The molecule has 116 valence electrons. The molecule has 0 unspecified atom stereocenters. The van der Waals surface area contributed by atoms with Crippen LogP contribution >= 0.6 is 11.6 Å². The minimum absolute atomic E-state index is 0.713. The lowest BCUT2D eigenvalue weighted by Gasteiger charge is -2.12. The zero-order valence-corrected chi connectivity index (χ0v) is 13.9. The zero-order valence-electron chi connectivity index (χ0n) is 13.1. The van der Waals surface area contributed by atoms with Gasteiger partial charge in [0, 0.05) is 36.3 Å². The smallest absolute Gasteiger partial charge is 0.121 e. The summed E-state index contributed by atoms with van der Waals surface area (Å²) in [7, 11) is 3.78. The Kier molecular flexibility index (Phi) is 3.38. The molecule has 0 amide bonds. The second-order valence-corrected chi connectivity index (χ2v) is 6.29. The Morgan fingerprint density at radius 1 is 1.13 bits per heavy atom. The number of methoxy groups -OCH3 is 1. The third-order valence-electron chi connectivity index (χ3n) is 4.47. The number of hydrogen-bond acceptors (Lipinski definition) is 3. The molecule has 0 bridgehead atoms. The van der Waals surface area contributed by atoms with E-state index in [1.165, 1.54) is 11.3 Å². The van der Waals surface area contributed by atoms with Gasteiger partial charge in [-0.15, -0.1) is 0 Å². The SMILES string of the molecule is COc1ccc2c(Cl)cc(-c3ccc4c(c3)CCN4C)nc2c1. The van der Waals surface area contributed by atoms with E-state index in [0.717, 1.165) is 40.9 Å². The molecule has 0 atom stereocenters. The molecule has 2 heterocycles. The van der Waals surface area contributed by atoms with Crippen molar-refractivity contribution in [2.75, 3.05) is 25.6 Å². The highest BCUT2D eigenvalue weighted by Crippen LogP contribution is 2.34. The van der Waals surface area contributed by atoms with Crippen molar-refractivity contribution in [2.24, 2.45) is 0 Å². The van der Waals surface area contributed by atoms with Gasteiger partial charge in [0.25, 0.3) is 0 Å². The predicted molar refractivity (Wildman–Crippen MR) is 95.7 cm³/mol. The molecule has 0 saturated heterocycles.